The molecule has 0 spiro atoms. The molecule has 3 rings (SSSR count). The molecular formula is C23H23F3N2O5S. The number of carbonyl (C=O) groups excluding carboxylic acids is 2. The highest BCUT2D eigenvalue weighted by Gasteiger charge is 2.37. The summed E-state index contributed by atoms with van der Waals surface area (Å²) in [5, 5.41) is 12.9. The molecule has 1 aliphatic rings. The molecule has 0 saturated heterocycles. The van der Waals surface area contributed by atoms with Crippen molar-refractivity contribution in [2.45, 2.75) is 24.6 Å². The average Bonchev–Trinajstić information content (AvgIpc) is 3.09. The zero-order chi connectivity index (χ0) is 24.7. The maximum absolute atomic E-state index is 13.0. The molecule has 7 nitrogen and oxygen atoms in total. The number of benzene rings is 2. The quantitative estimate of drug-likeness (QED) is 0.433. The fraction of sp³-hybridized carbons (Fsp3) is 0.348. The number of nitrogens with one attached hydrogen (secondary N) is 2. The highest BCUT2D eigenvalue weighted by atomic mass is 32.2. The van der Waals surface area contributed by atoms with E-state index in [-0.39, 0.29) is 30.6 Å². The van der Waals surface area contributed by atoms with Crippen LogP contribution in [-0.2, 0) is 14.3 Å². The lowest BCUT2D eigenvalue weighted by Crippen LogP contribution is -2.49. The summed E-state index contributed by atoms with van der Waals surface area (Å²) in [4.78, 5) is 35.0. The lowest BCUT2D eigenvalue weighted by molar-refractivity contribution is -0.148. The normalized spacial score (nSPS) is 13.5. The van der Waals surface area contributed by atoms with E-state index in [2.05, 4.69) is 5.32 Å². The predicted octanol–water partition coefficient (Wildman–Crippen LogP) is 3.78. The van der Waals surface area contributed by atoms with Gasteiger partial charge in [0.25, 0.3) is 0 Å². The molecule has 0 aliphatic heterocycles. The minimum absolute atomic E-state index is 0.0441. The van der Waals surface area contributed by atoms with Gasteiger partial charge in [0.2, 0.25) is 5.91 Å². The van der Waals surface area contributed by atoms with Crippen LogP contribution in [-0.4, -0.2) is 60.0 Å². The second-order valence-electron chi connectivity index (χ2n) is 7.58. The van der Waals surface area contributed by atoms with E-state index in [9.17, 15) is 27.6 Å². The first-order chi connectivity index (χ1) is 16.2. The maximum Gasteiger partial charge on any atom is 0.407 e. The molecule has 0 bridgehead atoms. The number of hydrogen-bond acceptors (Lipinski definition) is 5. The number of halogens is 3. The fourth-order valence-corrected chi connectivity index (χ4v) is 4.32. The second-order valence-corrected chi connectivity index (χ2v) is 8.68. The number of fused-ring (bicyclic) bond motifs is 3. The van der Waals surface area contributed by atoms with Gasteiger partial charge in [0.05, 0.1) is 12.2 Å². The molecule has 1 aliphatic carbocycles. The van der Waals surface area contributed by atoms with Crippen molar-refractivity contribution in [3.63, 3.8) is 0 Å². The number of alkyl carbamates (subject to hydrolysis) is 1. The van der Waals surface area contributed by atoms with Gasteiger partial charge in [-0.15, -0.1) is 11.8 Å². The Morgan fingerprint density at radius 1 is 1.03 bits per heavy atom. The lowest BCUT2D eigenvalue weighted by atomic mass is 9.98. The molecule has 11 heteroatoms. The van der Waals surface area contributed by atoms with Crippen molar-refractivity contribution in [1.82, 2.24) is 10.6 Å². The molecule has 1 unspecified atom stereocenters. The van der Waals surface area contributed by atoms with Crippen LogP contribution in [0.25, 0.3) is 11.1 Å². The molecule has 0 fully saturated rings. The zero-order valence-electron chi connectivity index (χ0n) is 17.9. The van der Waals surface area contributed by atoms with Gasteiger partial charge in [-0.3, -0.25) is 9.59 Å². The minimum atomic E-state index is -4.70. The van der Waals surface area contributed by atoms with Gasteiger partial charge in [-0.25, -0.2) is 4.79 Å². The fourth-order valence-electron chi connectivity index (χ4n) is 3.75. The van der Waals surface area contributed by atoms with Crippen molar-refractivity contribution in [2.24, 2.45) is 0 Å². The summed E-state index contributed by atoms with van der Waals surface area (Å²) >= 11 is 1.00. The number of rotatable bonds is 10. The molecule has 2 aromatic rings. The summed E-state index contributed by atoms with van der Waals surface area (Å²) in [5.41, 5.74) is 3.89. The van der Waals surface area contributed by atoms with Crippen molar-refractivity contribution in [3.05, 3.63) is 59.7 Å². The van der Waals surface area contributed by atoms with Crippen LogP contribution < -0.4 is 10.6 Å². The van der Waals surface area contributed by atoms with Crippen LogP contribution in [0.15, 0.2) is 48.5 Å². The number of thioether (sulfide) groups is 1. The van der Waals surface area contributed by atoms with Gasteiger partial charge in [0.15, 0.2) is 0 Å². The third-order valence-electron chi connectivity index (χ3n) is 5.16. The Kier molecular flexibility index (Phi) is 8.43. The highest BCUT2D eigenvalue weighted by Crippen LogP contribution is 2.44. The number of carbonyl (C=O) groups is 3. The van der Waals surface area contributed by atoms with Crippen LogP contribution in [0.5, 0.6) is 0 Å². The van der Waals surface area contributed by atoms with Gasteiger partial charge in [0.1, 0.15) is 12.6 Å². The molecule has 3 N–H and O–H groups in total. The predicted molar refractivity (Wildman–Crippen MR) is 121 cm³/mol. The van der Waals surface area contributed by atoms with Gasteiger partial charge in [0, 0.05) is 18.2 Å². The van der Waals surface area contributed by atoms with E-state index in [0.29, 0.717) is 0 Å². The number of hydrogen-bond donors (Lipinski definition) is 3. The van der Waals surface area contributed by atoms with Crippen molar-refractivity contribution in [1.29, 1.82) is 0 Å². The van der Waals surface area contributed by atoms with E-state index < -0.39 is 36.6 Å². The maximum atomic E-state index is 13.0. The summed E-state index contributed by atoms with van der Waals surface area (Å²) < 4.78 is 44.1. The van der Waals surface area contributed by atoms with Gasteiger partial charge in [-0.2, -0.15) is 13.2 Å². The number of carboxylic acids is 1. The van der Waals surface area contributed by atoms with Crippen molar-refractivity contribution in [3.8, 4) is 11.1 Å². The molecule has 2 amide bonds. The van der Waals surface area contributed by atoms with Gasteiger partial charge >= 0.3 is 18.2 Å². The number of amides is 2. The van der Waals surface area contributed by atoms with Gasteiger partial charge < -0.3 is 20.5 Å². The third-order valence-corrected chi connectivity index (χ3v) is 6.10. The second kappa shape index (κ2) is 11.3. The van der Waals surface area contributed by atoms with Crippen LogP contribution in [0, 0.1) is 0 Å². The molecule has 1 atom stereocenters. The van der Waals surface area contributed by atoms with E-state index in [1.807, 2.05) is 53.8 Å². The summed E-state index contributed by atoms with van der Waals surface area (Å²) in [6.45, 7) is -0.149. The lowest BCUT2D eigenvalue weighted by Gasteiger charge is -2.20. The first-order valence-corrected chi connectivity index (χ1v) is 11.6. The molecule has 34 heavy (non-hydrogen) atoms. The standard InChI is InChI=1S/C23H23F3N2O5S/c24-23(25,26)11-19(21(31)27-9-10-34-13-20(29)30)28-22(32)33-12-18-16-7-3-1-5-14(16)15-6-2-4-8-17(15)18/h1-8,18-19H,9-13H2,(H,27,31)(H,28,32)(H,29,30). The van der Waals surface area contributed by atoms with Crippen molar-refractivity contribution >= 4 is 29.7 Å². The Hall–Kier alpha value is -3.21. The highest BCUT2D eigenvalue weighted by molar-refractivity contribution is 7.99. The van der Waals surface area contributed by atoms with E-state index in [4.69, 9.17) is 9.84 Å². The first-order valence-electron chi connectivity index (χ1n) is 10.4. The summed E-state index contributed by atoms with van der Waals surface area (Å²) in [6.07, 6.45) is -7.39. The molecule has 0 aromatic heterocycles. The zero-order valence-corrected chi connectivity index (χ0v) is 18.7. The number of aliphatic carboxylic acids is 1. The minimum Gasteiger partial charge on any atom is -0.481 e. The van der Waals surface area contributed by atoms with Gasteiger partial charge in [-0.05, 0) is 22.3 Å². The molecular weight excluding hydrogens is 473 g/mol. The van der Waals surface area contributed by atoms with Crippen LogP contribution in [0.1, 0.15) is 23.5 Å². The Bertz CT molecular complexity index is 1000. The Labute approximate surface area is 198 Å². The largest absolute Gasteiger partial charge is 0.481 e. The van der Waals surface area contributed by atoms with E-state index >= 15 is 0 Å². The number of ether oxygens (including phenoxy) is 1. The van der Waals surface area contributed by atoms with Crippen LogP contribution in [0.4, 0.5) is 18.0 Å². The number of carboxylic acid groups (broad SMARTS) is 1. The molecule has 0 radical (unpaired) electrons. The van der Waals surface area contributed by atoms with Crippen LogP contribution in [0.2, 0.25) is 0 Å². The van der Waals surface area contributed by atoms with Crippen molar-refractivity contribution in [2.75, 3.05) is 24.7 Å². The molecule has 0 saturated carbocycles. The Balaban J connectivity index is 1.59. The molecule has 0 heterocycles. The smallest absolute Gasteiger partial charge is 0.407 e. The van der Waals surface area contributed by atoms with Crippen LogP contribution in [0.3, 0.4) is 0 Å². The Morgan fingerprint density at radius 2 is 1.62 bits per heavy atom. The average molecular weight is 497 g/mol. The van der Waals surface area contributed by atoms with Crippen LogP contribution >= 0.6 is 11.8 Å². The topological polar surface area (TPSA) is 105 Å². The molecule has 2 aromatic carbocycles. The number of alkyl halides is 3. The van der Waals surface area contributed by atoms with E-state index in [1.165, 1.54) is 0 Å². The third kappa shape index (κ3) is 6.89. The SMILES string of the molecule is O=C(O)CSCCNC(=O)C(CC(F)(F)F)NC(=O)OCC1c2ccccc2-c2ccccc21. The first kappa shape index (κ1) is 25.4. The van der Waals surface area contributed by atoms with E-state index in [0.717, 1.165) is 34.0 Å². The van der Waals surface area contributed by atoms with Gasteiger partial charge in [-0.1, -0.05) is 48.5 Å². The van der Waals surface area contributed by atoms with Crippen molar-refractivity contribution < 1.29 is 37.4 Å². The summed E-state index contributed by atoms with van der Waals surface area (Å²) in [5.74, 6) is -2.34. The monoisotopic (exact) mass is 496 g/mol. The summed E-state index contributed by atoms with van der Waals surface area (Å²) in [6, 6.07) is 13.3. The summed E-state index contributed by atoms with van der Waals surface area (Å²) in [7, 11) is 0. The molecule has 182 valence electrons. The van der Waals surface area contributed by atoms with E-state index in [1.54, 1.807) is 0 Å². The Morgan fingerprint density at radius 3 is 2.18 bits per heavy atom.